The highest BCUT2D eigenvalue weighted by molar-refractivity contribution is 5.87. The zero-order valence-corrected chi connectivity index (χ0v) is 11.1. The molecule has 1 heterocycles. The third-order valence-corrected chi connectivity index (χ3v) is 3.25. The van der Waals surface area contributed by atoms with Crippen LogP contribution in [0.25, 0.3) is 0 Å². The van der Waals surface area contributed by atoms with E-state index in [0.717, 1.165) is 30.8 Å². The van der Waals surface area contributed by atoms with Crippen LogP contribution in [0.5, 0.6) is 5.75 Å². The van der Waals surface area contributed by atoms with Gasteiger partial charge in [-0.3, -0.25) is 5.32 Å². The number of hydrogen-bond donors (Lipinski definition) is 2. The third kappa shape index (κ3) is 2.91. The lowest BCUT2D eigenvalue weighted by Crippen LogP contribution is -2.17. The zero-order valence-electron chi connectivity index (χ0n) is 11.1. The van der Waals surface area contributed by atoms with Gasteiger partial charge in [0.25, 0.3) is 0 Å². The number of ether oxygens (including phenoxy) is 1. The fraction of sp³-hybridized carbons (Fsp3) is 0.188. The Hall–Kier alpha value is -2.49. The Kier molecular flexibility index (Phi) is 3.54. The first-order valence-electron chi connectivity index (χ1n) is 6.72. The molecule has 1 aliphatic rings. The molecule has 1 amide bonds. The zero-order chi connectivity index (χ0) is 13.8. The van der Waals surface area contributed by atoms with Crippen molar-refractivity contribution >= 4 is 17.5 Å². The van der Waals surface area contributed by atoms with Crippen LogP contribution in [0.3, 0.4) is 0 Å². The average Bonchev–Trinajstić information content (AvgIpc) is 2.48. The molecule has 0 aliphatic carbocycles. The molecule has 0 unspecified atom stereocenters. The van der Waals surface area contributed by atoms with Crippen molar-refractivity contribution in [3.8, 4) is 5.75 Å². The monoisotopic (exact) mass is 268 g/mol. The van der Waals surface area contributed by atoms with Crippen molar-refractivity contribution in [2.75, 3.05) is 17.2 Å². The Morgan fingerprint density at radius 3 is 2.85 bits per heavy atom. The smallest absolute Gasteiger partial charge is 0.410 e. The summed E-state index contributed by atoms with van der Waals surface area (Å²) in [4.78, 5) is 11.8. The third-order valence-electron chi connectivity index (χ3n) is 3.25. The van der Waals surface area contributed by atoms with Gasteiger partial charge in [-0.25, -0.2) is 4.79 Å². The van der Waals surface area contributed by atoms with Crippen LogP contribution in [-0.2, 0) is 6.42 Å². The van der Waals surface area contributed by atoms with Gasteiger partial charge in [0, 0.05) is 17.9 Å². The van der Waals surface area contributed by atoms with Gasteiger partial charge in [0.1, 0.15) is 5.75 Å². The van der Waals surface area contributed by atoms with Gasteiger partial charge in [-0.1, -0.05) is 24.3 Å². The summed E-state index contributed by atoms with van der Waals surface area (Å²) >= 11 is 0. The van der Waals surface area contributed by atoms with Crippen molar-refractivity contribution in [1.82, 2.24) is 0 Å². The van der Waals surface area contributed by atoms with E-state index in [9.17, 15) is 4.79 Å². The number of carbonyl (C=O) groups is 1. The Labute approximate surface area is 117 Å². The molecular weight excluding hydrogens is 252 g/mol. The van der Waals surface area contributed by atoms with Gasteiger partial charge >= 0.3 is 6.09 Å². The van der Waals surface area contributed by atoms with E-state index in [1.807, 2.05) is 36.4 Å². The van der Waals surface area contributed by atoms with Gasteiger partial charge in [0.15, 0.2) is 0 Å². The second-order valence-corrected chi connectivity index (χ2v) is 4.73. The molecule has 2 aromatic rings. The minimum absolute atomic E-state index is 0.480. The summed E-state index contributed by atoms with van der Waals surface area (Å²) in [6.45, 7) is 0.977. The van der Waals surface area contributed by atoms with Gasteiger partial charge in [0.05, 0.1) is 0 Å². The molecule has 0 saturated carbocycles. The Bertz CT molecular complexity index is 611. The topological polar surface area (TPSA) is 50.4 Å². The molecule has 3 rings (SSSR count). The van der Waals surface area contributed by atoms with Crippen molar-refractivity contribution < 1.29 is 9.53 Å². The lowest BCUT2D eigenvalue weighted by molar-refractivity contribution is 0.215. The van der Waals surface area contributed by atoms with Gasteiger partial charge < -0.3 is 10.1 Å². The number of hydrogen-bond acceptors (Lipinski definition) is 3. The van der Waals surface area contributed by atoms with E-state index >= 15 is 0 Å². The largest absolute Gasteiger partial charge is 0.417 e. The predicted octanol–water partition coefficient (Wildman–Crippen LogP) is 3.66. The van der Waals surface area contributed by atoms with Crippen molar-refractivity contribution in [1.29, 1.82) is 0 Å². The molecule has 4 nitrogen and oxygen atoms in total. The summed E-state index contributed by atoms with van der Waals surface area (Å²) in [5.74, 6) is 0.529. The Balaban J connectivity index is 1.67. The highest BCUT2D eigenvalue weighted by Crippen LogP contribution is 2.25. The SMILES string of the molecule is O=C(Nc1ccc2c(c1)NCCC2)Oc1ccccc1. The Morgan fingerprint density at radius 2 is 2.00 bits per heavy atom. The molecule has 2 aromatic carbocycles. The second kappa shape index (κ2) is 5.65. The Morgan fingerprint density at radius 1 is 1.15 bits per heavy atom. The van der Waals surface area contributed by atoms with Crippen LogP contribution in [0.1, 0.15) is 12.0 Å². The van der Waals surface area contributed by atoms with Crippen molar-refractivity contribution in [3.05, 3.63) is 54.1 Å². The number of para-hydroxylation sites is 1. The van der Waals surface area contributed by atoms with Crippen molar-refractivity contribution in [2.24, 2.45) is 0 Å². The van der Waals surface area contributed by atoms with E-state index in [1.165, 1.54) is 5.56 Å². The average molecular weight is 268 g/mol. The predicted molar refractivity (Wildman–Crippen MR) is 79.3 cm³/mol. The standard InChI is InChI=1S/C16H16N2O2/c19-16(20-14-6-2-1-3-7-14)18-13-9-8-12-5-4-10-17-15(12)11-13/h1-3,6-9,11,17H,4-5,10H2,(H,18,19). The molecule has 102 valence electrons. The molecule has 0 atom stereocenters. The molecule has 0 bridgehead atoms. The molecular formula is C16H16N2O2. The number of amides is 1. The maximum absolute atomic E-state index is 11.8. The fourth-order valence-electron chi connectivity index (χ4n) is 2.28. The molecule has 20 heavy (non-hydrogen) atoms. The summed E-state index contributed by atoms with van der Waals surface area (Å²) in [5, 5.41) is 6.07. The molecule has 0 radical (unpaired) electrons. The van der Waals surface area contributed by atoms with Gasteiger partial charge in [-0.05, 0) is 42.7 Å². The lowest BCUT2D eigenvalue weighted by atomic mass is 10.0. The molecule has 0 spiro atoms. The van der Waals surface area contributed by atoms with E-state index < -0.39 is 6.09 Å². The molecule has 0 aromatic heterocycles. The van der Waals surface area contributed by atoms with E-state index in [4.69, 9.17) is 4.74 Å². The van der Waals surface area contributed by atoms with Crippen molar-refractivity contribution in [2.45, 2.75) is 12.8 Å². The fourth-order valence-corrected chi connectivity index (χ4v) is 2.28. The first-order chi connectivity index (χ1) is 9.81. The first kappa shape index (κ1) is 12.5. The summed E-state index contributed by atoms with van der Waals surface area (Å²) in [7, 11) is 0. The van der Waals surface area contributed by atoms with Crippen LogP contribution in [0, 0.1) is 0 Å². The number of anilines is 2. The number of carbonyl (C=O) groups excluding carboxylic acids is 1. The minimum atomic E-state index is -0.480. The second-order valence-electron chi connectivity index (χ2n) is 4.73. The lowest BCUT2D eigenvalue weighted by Gasteiger charge is -2.18. The first-order valence-corrected chi connectivity index (χ1v) is 6.72. The summed E-state index contributed by atoms with van der Waals surface area (Å²) < 4.78 is 5.19. The number of aryl methyl sites for hydroxylation is 1. The normalized spacial score (nSPS) is 13.0. The van der Waals surface area contributed by atoms with Gasteiger partial charge in [-0.15, -0.1) is 0 Å². The van der Waals surface area contributed by atoms with Crippen molar-refractivity contribution in [3.63, 3.8) is 0 Å². The number of fused-ring (bicyclic) bond motifs is 1. The molecule has 0 fully saturated rings. The van der Waals surface area contributed by atoms with Crippen LogP contribution in [0.15, 0.2) is 48.5 Å². The maximum Gasteiger partial charge on any atom is 0.417 e. The van der Waals surface area contributed by atoms with Crippen LogP contribution in [0.4, 0.5) is 16.2 Å². The number of benzene rings is 2. The number of nitrogens with one attached hydrogen (secondary N) is 2. The molecule has 4 heteroatoms. The van der Waals surface area contributed by atoms with E-state index in [0.29, 0.717) is 5.75 Å². The highest BCUT2D eigenvalue weighted by Gasteiger charge is 2.10. The van der Waals surface area contributed by atoms with Crippen LogP contribution < -0.4 is 15.4 Å². The summed E-state index contributed by atoms with van der Waals surface area (Å²) in [6.07, 6.45) is 1.75. The molecule has 1 aliphatic heterocycles. The number of rotatable bonds is 2. The van der Waals surface area contributed by atoms with E-state index in [1.54, 1.807) is 12.1 Å². The van der Waals surface area contributed by atoms with Crippen LogP contribution in [-0.4, -0.2) is 12.6 Å². The van der Waals surface area contributed by atoms with Crippen LogP contribution >= 0.6 is 0 Å². The van der Waals surface area contributed by atoms with E-state index in [2.05, 4.69) is 10.6 Å². The van der Waals surface area contributed by atoms with Gasteiger partial charge in [0.2, 0.25) is 0 Å². The summed E-state index contributed by atoms with van der Waals surface area (Å²) in [5.41, 5.74) is 3.12. The summed E-state index contributed by atoms with van der Waals surface area (Å²) in [6, 6.07) is 14.9. The maximum atomic E-state index is 11.8. The van der Waals surface area contributed by atoms with Crippen LogP contribution in [0.2, 0.25) is 0 Å². The quantitative estimate of drug-likeness (QED) is 0.874. The van der Waals surface area contributed by atoms with E-state index in [-0.39, 0.29) is 0 Å². The minimum Gasteiger partial charge on any atom is -0.410 e. The van der Waals surface area contributed by atoms with Gasteiger partial charge in [-0.2, -0.15) is 0 Å². The molecule has 2 N–H and O–H groups in total. The highest BCUT2D eigenvalue weighted by atomic mass is 16.6. The molecule has 0 saturated heterocycles.